The molecular weight excluding hydrogens is 502 g/mol. The molecule has 0 saturated carbocycles. The molecule has 0 aliphatic heterocycles. The molecule has 0 atom stereocenters. The topological polar surface area (TPSA) is 79.8 Å². The summed E-state index contributed by atoms with van der Waals surface area (Å²) in [5.41, 5.74) is -0.756. The van der Waals surface area contributed by atoms with Crippen molar-refractivity contribution < 1.29 is 22.6 Å². The van der Waals surface area contributed by atoms with Gasteiger partial charge >= 0.3 is 6.18 Å². The van der Waals surface area contributed by atoms with Gasteiger partial charge in [-0.25, -0.2) is 4.98 Å². The maximum atomic E-state index is 12.5. The number of hydrogen-bond acceptors (Lipinski definition) is 5. The van der Waals surface area contributed by atoms with Crippen molar-refractivity contribution in [3.63, 3.8) is 0 Å². The number of halogens is 4. The number of hydrogen-bond donors (Lipinski definition) is 3. The van der Waals surface area contributed by atoms with Crippen LogP contribution in [0, 0.1) is 0 Å². The van der Waals surface area contributed by atoms with Crippen LogP contribution in [0.3, 0.4) is 0 Å². The zero-order valence-corrected chi connectivity index (χ0v) is 19.2. The molecule has 3 N–H and O–H groups in total. The van der Waals surface area contributed by atoms with E-state index in [-0.39, 0.29) is 24.0 Å². The van der Waals surface area contributed by atoms with E-state index in [0.29, 0.717) is 38.7 Å². The lowest BCUT2D eigenvalue weighted by molar-refractivity contribution is -0.137. The number of guanidine groups is 1. The molecule has 1 aromatic heterocycles. The summed E-state index contributed by atoms with van der Waals surface area (Å²) >= 11 is 0. The van der Waals surface area contributed by atoms with Gasteiger partial charge < -0.3 is 25.4 Å². The van der Waals surface area contributed by atoms with E-state index < -0.39 is 11.7 Å². The Labute approximate surface area is 187 Å². The first kappa shape index (κ1) is 27.7. The van der Waals surface area contributed by atoms with Crippen LogP contribution in [0.5, 0.6) is 0 Å². The van der Waals surface area contributed by atoms with Crippen LogP contribution in [-0.2, 0) is 15.7 Å². The smallest absolute Gasteiger partial charge is 0.382 e. The average molecular weight is 533 g/mol. The summed E-state index contributed by atoms with van der Waals surface area (Å²) in [7, 11) is 1.64. The number of nitrogens with zero attached hydrogens (tertiary/aromatic N) is 2. The zero-order valence-electron chi connectivity index (χ0n) is 16.8. The second kappa shape index (κ2) is 16.5. The van der Waals surface area contributed by atoms with E-state index in [1.54, 1.807) is 7.11 Å². The molecule has 1 heterocycles. The van der Waals surface area contributed by atoms with Crippen LogP contribution < -0.4 is 16.0 Å². The van der Waals surface area contributed by atoms with Gasteiger partial charge in [-0.05, 0) is 31.9 Å². The van der Waals surface area contributed by atoms with Gasteiger partial charge in [-0.15, -0.1) is 24.0 Å². The van der Waals surface area contributed by atoms with Gasteiger partial charge in [0.05, 0.1) is 18.8 Å². The summed E-state index contributed by atoms with van der Waals surface area (Å²) in [5.74, 6) is 1.14. The third-order valence-electron chi connectivity index (χ3n) is 3.54. The fourth-order valence-corrected chi connectivity index (χ4v) is 2.12. The molecule has 168 valence electrons. The Morgan fingerprint density at radius 1 is 1.10 bits per heavy atom. The monoisotopic (exact) mass is 533 g/mol. The van der Waals surface area contributed by atoms with E-state index in [1.807, 2.05) is 6.92 Å². The minimum atomic E-state index is -4.37. The summed E-state index contributed by atoms with van der Waals surface area (Å²) in [6, 6.07) is 2.34. The highest BCUT2D eigenvalue weighted by Crippen LogP contribution is 2.28. The molecule has 0 aliphatic carbocycles. The Hall–Kier alpha value is -1.34. The SMILES string of the molecule is CCNC(=NCCCNc1ccc(C(F)(F)F)cn1)NCCCOCCOC.I. The maximum absolute atomic E-state index is 12.5. The van der Waals surface area contributed by atoms with E-state index in [0.717, 1.165) is 44.2 Å². The van der Waals surface area contributed by atoms with Gasteiger partial charge in [-0.1, -0.05) is 0 Å². The molecule has 11 heteroatoms. The molecule has 1 rings (SSSR count). The first-order valence-corrected chi connectivity index (χ1v) is 9.33. The lowest BCUT2D eigenvalue weighted by atomic mass is 10.3. The van der Waals surface area contributed by atoms with Crippen molar-refractivity contribution in [2.24, 2.45) is 4.99 Å². The molecule has 0 aromatic carbocycles. The first-order valence-electron chi connectivity index (χ1n) is 9.33. The highest BCUT2D eigenvalue weighted by atomic mass is 127. The van der Waals surface area contributed by atoms with Crippen LogP contribution in [0.4, 0.5) is 19.0 Å². The third-order valence-corrected chi connectivity index (χ3v) is 3.54. The van der Waals surface area contributed by atoms with Crippen molar-refractivity contribution in [1.29, 1.82) is 0 Å². The molecule has 0 radical (unpaired) electrons. The highest BCUT2D eigenvalue weighted by molar-refractivity contribution is 14.0. The van der Waals surface area contributed by atoms with Gasteiger partial charge in [-0.3, -0.25) is 4.99 Å². The molecule has 1 aromatic rings. The first-order chi connectivity index (χ1) is 13.5. The van der Waals surface area contributed by atoms with Crippen molar-refractivity contribution >= 4 is 35.8 Å². The number of rotatable bonds is 13. The molecule has 0 unspecified atom stereocenters. The normalized spacial score (nSPS) is 11.7. The summed E-state index contributed by atoms with van der Waals surface area (Å²) in [6.45, 7) is 6.46. The fourth-order valence-electron chi connectivity index (χ4n) is 2.12. The number of pyridine rings is 1. The average Bonchev–Trinajstić information content (AvgIpc) is 2.66. The van der Waals surface area contributed by atoms with Gasteiger partial charge in [0.15, 0.2) is 5.96 Å². The molecular formula is C18H31F3IN5O2. The van der Waals surface area contributed by atoms with E-state index in [9.17, 15) is 13.2 Å². The largest absolute Gasteiger partial charge is 0.417 e. The van der Waals surface area contributed by atoms with Crippen LogP contribution in [0.15, 0.2) is 23.3 Å². The summed E-state index contributed by atoms with van der Waals surface area (Å²) in [5, 5.41) is 9.38. The van der Waals surface area contributed by atoms with Gasteiger partial charge in [-0.2, -0.15) is 13.2 Å². The van der Waals surface area contributed by atoms with Crippen molar-refractivity contribution in [1.82, 2.24) is 15.6 Å². The summed E-state index contributed by atoms with van der Waals surface area (Å²) < 4.78 is 47.8. The van der Waals surface area contributed by atoms with Crippen molar-refractivity contribution in [3.05, 3.63) is 23.9 Å². The van der Waals surface area contributed by atoms with E-state index in [2.05, 4.69) is 25.9 Å². The van der Waals surface area contributed by atoms with E-state index >= 15 is 0 Å². The van der Waals surface area contributed by atoms with Crippen molar-refractivity contribution in [3.8, 4) is 0 Å². The fraction of sp³-hybridized carbons (Fsp3) is 0.667. The number of nitrogens with one attached hydrogen (secondary N) is 3. The number of methoxy groups -OCH3 is 1. The number of alkyl halides is 3. The second-order valence-electron chi connectivity index (χ2n) is 5.86. The Balaban J connectivity index is 0.00000784. The van der Waals surface area contributed by atoms with Gasteiger partial charge in [0.1, 0.15) is 5.82 Å². The zero-order chi connectivity index (χ0) is 20.7. The minimum absolute atomic E-state index is 0. The Kier molecular flexibility index (Phi) is 15.7. The minimum Gasteiger partial charge on any atom is -0.382 e. The Morgan fingerprint density at radius 3 is 2.52 bits per heavy atom. The summed E-state index contributed by atoms with van der Waals surface area (Å²) in [6.07, 6.45) is -1.96. The molecule has 0 fully saturated rings. The van der Waals surface area contributed by atoms with Crippen LogP contribution in [0.1, 0.15) is 25.3 Å². The number of aliphatic imine (C=N–C) groups is 1. The van der Waals surface area contributed by atoms with Crippen LogP contribution in [-0.4, -0.2) is 64.1 Å². The lowest BCUT2D eigenvalue weighted by Crippen LogP contribution is -2.38. The van der Waals surface area contributed by atoms with Gasteiger partial charge in [0.2, 0.25) is 0 Å². The third kappa shape index (κ3) is 13.5. The molecule has 7 nitrogen and oxygen atoms in total. The van der Waals surface area contributed by atoms with E-state index in [1.165, 1.54) is 6.07 Å². The predicted molar refractivity (Wildman–Crippen MR) is 119 cm³/mol. The highest BCUT2D eigenvalue weighted by Gasteiger charge is 2.30. The van der Waals surface area contributed by atoms with Crippen molar-refractivity contribution in [2.75, 3.05) is 58.4 Å². The van der Waals surface area contributed by atoms with Gasteiger partial charge in [0, 0.05) is 46.1 Å². The lowest BCUT2D eigenvalue weighted by Gasteiger charge is -2.11. The van der Waals surface area contributed by atoms with Crippen LogP contribution in [0.25, 0.3) is 0 Å². The van der Waals surface area contributed by atoms with Crippen molar-refractivity contribution in [2.45, 2.75) is 25.9 Å². The van der Waals surface area contributed by atoms with Gasteiger partial charge in [0.25, 0.3) is 0 Å². The van der Waals surface area contributed by atoms with E-state index in [4.69, 9.17) is 9.47 Å². The molecule has 29 heavy (non-hydrogen) atoms. The quantitative estimate of drug-likeness (QED) is 0.157. The standard InChI is InChI=1S/C18H30F3N5O2.HI/c1-3-22-17(25-10-5-11-28-13-12-27-2)24-9-4-8-23-16-7-6-15(14-26-16)18(19,20)21;/h6-7,14H,3-5,8-13H2,1-2H3,(H,23,26)(H2,22,24,25);1H. The molecule has 0 amide bonds. The molecule has 0 saturated heterocycles. The van der Waals surface area contributed by atoms with Crippen LogP contribution >= 0.6 is 24.0 Å². The number of anilines is 1. The molecule has 0 spiro atoms. The predicted octanol–water partition coefficient (Wildman–Crippen LogP) is 3.13. The Morgan fingerprint density at radius 2 is 1.90 bits per heavy atom. The number of aromatic nitrogens is 1. The Bertz CT molecular complexity index is 559. The summed E-state index contributed by atoms with van der Waals surface area (Å²) in [4.78, 5) is 8.24. The van der Waals surface area contributed by atoms with Crippen LogP contribution in [0.2, 0.25) is 0 Å². The molecule has 0 aliphatic rings. The maximum Gasteiger partial charge on any atom is 0.417 e. The second-order valence-corrected chi connectivity index (χ2v) is 5.86. The molecule has 0 bridgehead atoms. The number of ether oxygens (including phenoxy) is 2.